The molecule has 0 aromatic heterocycles. The Hall–Kier alpha value is -2.84. The largest absolute Gasteiger partial charge is 0.471 e. The van der Waals surface area contributed by atoms with Crippen molar-refractivity contribution in [1.29, 1.82) is 0 Å². The second-order valence-electron chi connectivity index (χ2n) is 5.57. The fraction of sp³-hybridized carbons (Fsp3) is 0.353. The molecular formula is C17H19F3N2O4. The SMILES string of the molecule is COC(=O)[C@H](Cc1ccccc1)NC(=O)C(NC(=O)C(F)(F)F)=C(C)C. The maximum atomic E-state index is 12.4. The van der Waals surface area contributed by atoms with E-state index in [4.69, 9.17) is 0 Å². The summed E-state index contributed by atoms with van der Waals surface area (Å²) < 4.78 is 41.9. The van der Waals surface area contributed by atoms with Crippen molar-refractivity contribution >= 4 is 17.8 Å². The summed E-state index contributed by atoms with van der Waals surface area (Å²) >= 11 is 0. The van der Waals surface area contributed by atoms with Crippen molar-refractivity contribution in [2.24, 2.45) is 0 Å². The average molecular weight is 372 g/mol. The topological polar surface area (TPSA) is 84.5 Å². The van der Waals surface area contributed by atoms with E-state index >= 15 is 0 Å². The molecule has 0 aliphatic carbocycles. The quantitative estimate of drug-likeness (QED) is 0.590. The van der Waals surface area contributed by atoms with Crippen LogP contribution >= 0.6 is 0 Å². The Kier molecular flexibility index (Phi) is 7.36. The van der Waals surface area contributed by atoms with Crippen LogP contribution in [-0.4, -0.2) is 37.1 Å². The first kappa shape index (κ1) is 21.2. The van der Waals surface area contributed by atoms with Gasteiger partial charge in [0.25, 0.3) is 5.91 Å². The summed E-state index contributed by atoms with van der Waals surface area (Å²) in [6, 6.07) is 7.54. The van der Waals surface area contributed by atoms with Crippen molar-refractivity contribution in [3.63, 3.8) is 0 Å². The van der Waals surface area contributed by atoms with Crippen LogP contribution in [0.2, 0.25) is 0 Å². The second-order valence-corrected chi connectivity index (χ2v) is 5.57. The van der Waals surface area contributed by atoms with Crippen molar-refractivity contribution in [3.05, 3.63) is 47.2 Å². The van der Waals surface area contributed by atoms with E-state index < -0.39 is 35.7 Å². The molecule has 2 amide bonds. The van der Waals surface area contributed by atoms with Gasteiger partial charge in [-0.1, -0.05) is 30.3 Å². The first-order valence-corrected chi connectivity index (χ1v) is 7.54. The van der Waals surface area contributed by atoms with Gasteiger partial charge in [-0.25, -0.2) is 4.79 Å². The lowest BCUT2D eigenvalue weighted by atomic mass is 10.1. The summed E-state index contributed by atoms with van der Waals surface area (Å²) in [7, 11) is 1.12. The summed E-state index contributed by atoms with van der Waals surface area (Å²) in [6.07, 6.45) is -5.07. The lowest BCUT2D eigenvalue weighted by molar-refractivity contribution is -0.173. The van der Waals surface area contributed by atoms with Gasteiger partial charge in [0.1, 0.15) is 11.7 Å². The molecular weight excluding hydrogens is 353 g/mol. The predicted octanol–water partition coefficient (Wildman–Crippen LogP) is 1.86. The molecule has 1 aromatic carbocycles. The van der Waals surface area contributed by atoms with Crippen LogP contribution in [0.1, 0.15) is 19.4 Å². The number of allylic oxidation sites excluding steroid dienone is 1. The highest BCUT2D eigenvalue weighted by atomic mass is 19.4. The molecule has 0 radical (unpaired) electrons. The van der Waals surface area contributed by atoms with Crippen molar-refractivity contribution in [2.45, 2.75) is 32.5 Å². The number of hydrogen-bond donors (Lipinski definition) is 2. The predicted molar refractivity (Wildman–Crippen MR) is 86.7 cm³/mol. The van der Waals surface area contributed by atoms with Crippen molar-refractivity contribution in [3.8, 4) is 0 Å². The number of nitrogens with one attached hydrogen (secondary N) is 2. The molecule has 9 heteroatoms. The molecule has 1 atom stereocenters. The number of alkyl halides is 3. The van der Waals surface area contributed by atoms with Crippen LogP contribution in [0.4, 0.5) is 13.2 Å². The maximum absolute atomic E-state index is 12.4. The van der Waals surface area contributed by atoms with E-state index in [-0.39, 0.29) is 12.0 Å². The van der Waals surface area contributed by atoms with Crippen molar-refractivity contribution in [1.82, 2.24) is 10.6 Å². The van der Waals surface area contributed by atoms with E-state index in [1.54, 1.807) is 30.3 Å². The molecule has 2 N–H and O–H groups in total. The van der Waals surface area contributed by atoms with Gasteiger partial charge in [-0.2, -0.15) is 13.2 Å². The Morgan fingerprint density at radius 3 is 2.15 bits per heavy atom. The Labute approximate surface area is 148 Å². The highest BCUT2D eigenvalue weighted by Gasteiger charge is 2.40. The van der Waals surface area contributed by atoms with Gasteiger partial charge in [-0.05, 0) is 25.0 Å². The normalized spacial score (nSPS) is 11.9. The minimum atomic E-state index is -5.15. The van der Waals surface area contributed by atoms with Gasteiger partial charge in [-0.3, -0.25) is 9.59 Å². The van der Waals surface area contributed by atoms with Gasteiger partial charge in [0.2, 0.25) is 0 Å². The number of hydrogen-bond acceptors (Lipinski definition) is 4. The first-order valence-electron chi connectivity index (χ1n) is 7.54. The van der Waals surface area contributed by atoms with Gasteiger partial charge < -0.3 is 15.4 Å². The lowest BCUT2D eigenvalue weighted by Gasteiger charge is -2.19. The zero-order valence-electron chi connectivity index (χ0n) is 14.4. The van der Waals surface area contributed by atoms with Crippen molar-refractivity contribution in [2.75, 3.05) is 7.11 Å². The van der Waals surface area contributed by atoms with Crippen LogP contribution in [-0.2, 0) is 25.5 Å². The number of benzene rings is 1. The average Bonchev–Trinajstić information content (AvgIpc) is 2.57. The number of amides is 2. The Balaban J connectivity index is 2.97. The lowest BCUT2D eigenvalue weighted by Crippen LogP contribution is -2.47. The number of carbonyl (C=O) groups excluding carboxylic acids is 3. The maximum Gasteiger partial charge on any atom is 0.471 e. The number of carbonyl (C=O) groups is 3. The standard InChI is InChI=1S/C17H19F3N2O4/c1-10(2)13(22-16(25)17(18,19)20)14(23)21-12(15(24)26-3)9-11-7-5-4-6-8-11/h4-8,12H,9H2,1-3H3,(H,21,23)(H,22,25)/t12-/m0/s1. The van der Waals surface area contributed by atoms with Gasteiger partial charge in [0.05, 0.1) is 7.11 Å². The van der Waals surface area contributed by atoms with E-state index in [1.165, 1.54) is 19.2 Å². The molecule has 0 aliphatic heterocycles. The molecule has 0 heterocycles. The molecule has 26 heavy (non-hydrogen) atoms. The molecule has 1 rings (SSSR count). The summed E-state index contributed by atoms with van der Waals surface area (Å²) in [6.45, 7) is 2.71. The zero-order chi connectivity index (χ0) is 19.9. The fourth-order valence-electron chi connectivity index (χ4n) is 2.01. The molecule has 0 fully saturated rings. The van der Waals surface area contributed by atoms with Crippen LogP contribution in [0.15, 0.2) is 41.6 Å². The third-order valence-corrected chi connectivity index (χ3v) is 3.30. The fourth-order valence-corrected chi connectivity index (χ4v) is 2.01. The minimum absolute atomic E-state index is 0.0719. The molecule has 0 unspecified atom stereocenters. The third kappa shape index (κ3) is 6.23. The molecule has 0 saturated carbocycles. The van der Waals surface area contributed by atoms with Crippen LogP contribution in [0.5, 0.6) is 0 Å². The number of esters is 1. The van der Waals surface area contributed by atoms with Crippen LogP contribution in [0, 0.1) is 0 Å². The van der Waals surface area contributed by atoms with E-state index in [9.17, 15) is 27.6 Å². The summed E-state index contributed by atoms with van der Waals surface area (Å²) in [5.74, 6) is -4.06. The number of halogens is 3. The highest BCUT2D eigenvalue weighted by Crippen LogP contribution is 2.16. The molecule has 0 aliphatic rings. The Morgan fingerprint density at radius 1 is 1.12 bits per heavy atom. The van der Waals surface area contributed by atoms with Crippen LogP contribution < -0.4 is 10.6 Å². The summed E-state index contributed by atoms with van der Waals surface area (Å²) in [5, 5.41) is 3.83. The van der Waals surface area contributed by atoms with Gasteiger partial charge >= 0.3 is 18.1 Å². The van der Waals surface area contributed by atoms with E-state index in [1.807, 2.05) is 0 Å². The molecule has 1 aromatic rings. The van der Waals surface area contributed by atoms with Crippen LogP contribution in [0.3, 0.4) is 0 Å². The molecule has 0 saturated heterocycles. The second kappa shape index (κ2) is 9.02. The monoisotopic (exact) mass is 372 g/mol. The third-order valence-electron chi connectivity index (χ3n) is 3.30. The van der Waals surface area contributed by atoms with Crippen molar-refractivity contribution < 1.29 is 32.3 Å². The first-order chi connectivity index (χ1) is 12.1. The Morgan fingerprint density at radius 2 is 1.69 bits per heavy atom. The van der Waals surface area contributed by atoms with Crippen LogP contribution in [0.25, 0.3) is 0 Å². The van der Waals surface area contributed by atoms with E-state index in [0.717, 1.165) is 7.11 Å². The molecule has 142 valence electrons. The van der Waals surface area contributed by atoms with Gasteiger partial charge in [0.15, 0.2) is 0 Å². The smallest absolute Gasteiger partial charge is 0.467 e. The molecule has 0 spiro atoms. The van der Waals surface area contributed by atoms with Gasteiger partial charge in [0, 0.05) is 6.42 Å². The summed E-state index contributed by atoms with van der Waals surface area (Å²) in [4.78, 5) is 35.3. The molecule has 0 bridgehead atoms. The number of ether oxygens (including phenoxy) is 1. The zero-order valence-corrected chi connectivity index (χ0v) is 14.4. The molecule has 6 nitrogen and oxygen atoms in total. The summed E-state index contributed by atoms with van der Waals surface area (Å²) in [5.41, 5.74) is 0.277. The van der Waals surface area contributed by atoms with E-state index in [0.29, 0.717) is 5.56 Å². The van der Waals surface area contributed by atoms with Gasteiger partial charge in [-0.15, -0.1) is 0 Å². The highest BCUT2D eigenvalue weighted by molar-refractivity contribution is 6.00. The Bertz CT molecular complexity index is 696. The van der Waals surface area contributed by atoms with E-state index in [2.05, 4.69) is 10.1 Å². The number of rotatable bonds is 6. The number of methoxy groups -OCH3 is 1. The minimum Gasteiger partial charge on any atom is -0.467 e.